The van der Waals surface area contributed by atoms with Gasteiger partial charge in [-0.05, 0) is 18.1 Å². The fraction of sp³-hybridized carbons (Fsp3) is 0.429. The zero-order valence-corrected chi connectivity index (χ0v) is 11.0. The Morgan fingerprint density at radius 3 is 2.74 bits per heavy atom. The molecule has 0 aliphatic carbocycles. The number of aromatic nitrogens is 2. The number of hydrogen-bond donors (Lipinski definition) is 1. The largest absolute Gasteiger partial charge is 0.419 e. The lowest BCUT2D eigenvalue weighted by Crippen LogP contribution is -2.28. The van der Waals surface area contributed by atoms with Crippen molar-refractivity contribution in [3.8, 4) is 11.5 Å². The van der Waals surface area contributed by atoms with E-state index in [1.807, 2.05) is 30.3 Å². The van der Waals surface area contributed by atoms with Crippen molar-refractivity contribution in [1.82, 2.24) is 15.1 Å². The quantitative estimate of drug-likeness (QED) is 0.904. The van der Waals surface area contributed by atoms with Gasteiger partial charge < -0.3 is 10.2 Å². The van der Waals surface area contributed by atoms with Gasteiger partial charge in [0.1, 0.15) is 0 Å². The minimum atomic E-state index is 0.247. The van der Waals surface area contributed by atoms with Crippen LogP contribution in [0.2, 0.25) is 0 Å². The summed E-state index contributed by atoms with van der Waals surface area (Å²) in [6.45, 7) is 4.74. The summed E-state index contributed by atoms with van der Waals surface area (Å²) in [5.41, 5.74) is 6.96. The average molecular weight is 258 g/mol. The molecule has 19 heavy (non-hydrogen) atoms. The smallest absolute Gasteiger partial charge is 0.247 e. The lowest BCUT2D eigenvalue weighted by atomic mass is 10.1. The summed E-state index contributed by atoms with van der Waals surface area (Å²) in [6, 6.07) is 10.1. The Hall–Kier alpha value is -1.72. The molecule has 1 aromatic carbocycles. The highest BCUT2D eigenvalue weighted by Crippen LogP contribution is 2.20. The van der Waals surface area contributed by atoms with Crippen molar-refractivity contribution < 1.29 is 4.42 Å². The maximum absolute atomic E-state index is 6.01. The molecule has 100 valence electrons. The van der Waals surface area contributed by atoms with Crippen LogP contribution < -0.4 is 5.73 Å². The third-order valence-corrected chi connectivity index (χ3v) is 3.59. The Kier molecular flexibility index (Phi) is 3.31. The summed E-state index contributed by atoms with van der Waals surface area (Å²) >= 11 is 0. The second-order valence-corrected chi connectivity index (χ2v) is 5.20. The maximum atomic E-state index is 6.01. The van der Waals surface area contributed by atoms with E-state index in [2.05, 4.69) is 22.0 Å². The maximum Gasteiger partial charge on any atom is 0.247 e. The molecule has 0 amide bonds. The molecule has 1 fully saturated rings. The molecule has 2 aromatic rings. The van der Waals surface area contributed by atoms with Crippen molar-refractivity contribution in [3.63, 3.8) is 0 Å². The summed E-state index contributed by atoms with van der Waals surface area (Å²) in [5, 5.41) is 8.20. The second-order valence-electron chi connectivity index (χ2n) is 5.20. The lowest BCUT2D eigenvalue weighted by molar-refractivity contribution is 0.283. The van der Waals surface area contributed by atoms with Gasteiger partial charge in [-0.15, -0.1) is 10.2 Å². The van der Waals surface area contributed by atoms with Crippen LogP contribution in [0.5, 0.6) is 0 Å². The average Bonchev–Trinajstić information content (AvgIpc) is 2.99. The minimum Gasteiger partial charge on any atom is -0.419 e. The van der Waals surface area contributed by atoms with Gasteiger partial charge in [-0.2, -0.15) is 0 Å². The van der Waals surface area contributed by atoms with Crippen LogP contribution in [0.25, 0.3) is 11.5 Å². The number of benzene rings is 1. The number of likely N-dealkylation sites (tertiary alicyclic amines) is 1. The first kappa shape index (κ1) is 12.3. The summed E-state index contributed by atoms with van der Waals surface area (Å²) in [4.78, 5) is 2.26. The number of hydrogen-bond acceptors (Lipinski definition) is 5. The van der Waals surface area contributed by atoms with E-state index in [1.54, 1.807) is 0 Å². The SMILES string of the molecule is CC1CN(Cc2nnc(-c3ccccc3)o2)CC1N. The number of nitrogens with two attached hydrogens (primary N) is 1. The fourth-order valence-corrected chi connectivity index (χ4v) is 2.43. The highest BCUT2D eigenvalue weighted by atomic mass is 16.4. The number of rotatable bonds is 3. The van der Waals surface area contributed by atoms with Crippen LogP contribution in [0, 0.1) is 5.92 Å². The van der Waals surface area contributed by atoms with Gasteiger partial charge >= 0.3 is 0 Å². The third kappa shape index (κ3) is 2.67. The van der Waals surface area contributed by atoms with E-state index < -0.39 is 0 Å². The molecule has 0 bridgehead atoms. The Morgan fingerprint density at radius 1 is 1.26 bits per heavy atom. The van der Waals surface area contributed by atoms with Crippen LogP contribution in [-0.2, 0) is 6.54 Å². The molecule has 2 heterocycles. The molecule has 5 heteroatoms. The predicted molar refractivity (Wildman–Crippen MR) is 72.2 cm³/mol. The predicted octanol–water partition coefficient (Wildman–Crippen LogP) is 1.52. The highest BCUT2D eigenvalue weighted by molar-refractivity contribution is 5.51. The van der Waals surface area contributed by atoms with Crippen molar-refractivity contribution in [2.45, 2.75) is 19.5 Å². The zero-order chi connectivity index (χ0) is 13.2. The molecule has 0 spiro atoms. The van der Waals surface area contributed by atoms with E-state index in [4.69, 9.17) is 10.2 Å². The molecule has 2 atom stereocenters. The molecule has 5 nitrogen and oxygen atoms in total. The molecule has 3 rings (SSSR count). The Bertz CT molecular complexity index is 529. The van der Waals surface area contributed by atoms with Crippen LogP contribution >= 0.6 is 0 Å². The molecule has 1 aliphatic heterocycles. The van der Waals surface area contributed by atoms with Gasteiger partial charge in [-0.25, -0.2) is 0 Å². The topological polar surface area (TPSA) is 68.2 Å². The van der Waals surface area contributed by atoms with E-state index in [0.717, 1.165) is 18.7 Å². The first-order valence-electron chi connectivity index (χ1n) is 6.58. The first-order valence-corrected chi connectivity index (χ1v) is 6.58. The summed E-state index contributed by atoms with van der Waals surface area (Å²) in [6.07, 6.45) is 0. The van der Waals surface area contributed by atoms with Crippen molar-refractivity contribution in [2.24, 2.45) is 11.7 Å². The van der Waals surface area contributed by atoms with Gasteiger partial charge in [0.25, 0.3) is 0 Å². The van der Waals surface area contributed by atoms with Crippen LogP contribution in [0.15, 0.2) is 34.7 Å². The van der Waals surface area contributed by atoms with Crippen molar-refractivity contribution in [1.29, 1.82) is 0 Å². The van der Waals surface area contributed by atoms with Gasteiger partial charge in [-0.3, -0.25) is 4.90 Å². The Morgan fingerprint density at radius 2 is 2.05 bits per heavy atom. The molecule has 2 N–H and O–H groups in total. The molecule has 1 saturated heterocycles. The van der Waals surface area contributed by atoms with Gasteiger partial charge in [0, 0.05) is 24.7 Å². The van der Waals surface area contributed by atoms with E-state index in [0.29, 0.717) is 24.2 Å². The minimum absolute atomic E-state index is 0.247. The second kappa shape index (κ2) is 5.11. The molecule has 0 saturated carbocycles. The first-order chi connectivity index (χ1) is 9.22. The van der Waals surface area contributed by atoms with Crippen LogP contribution in [0.1, 0.15) is 12.8 Å². The van der Waals surface area contributed by atoms with Crippen LogP contribution in [0.3, 0.4) is 0 Å². The Balaban J connectivity index is 1.69. The van der Waals surface area contributed by atoms with Crippen molar-refractivity contribution in [3.05, 3.63) is 36.2 Å². The Labute approximate surface area is 112 Å². The molecule has 1 aliphatic rings. The van der Waals surface area contributed by atoms with Crippen molar-refractivity contribution >= 4 is 0 Å². The molecular weight excluding hydrogens is 240 g/mol. The molecule has 1 aromatic heterocycles. The van der Waals surface area contributed by atoms with Crippen LogP contribution in [0.4, 0.5) is 0 Å². The number of nitrogens with zero attached hydrogens (tertiary/aromatic N) is 3. The highest BCUT2D eigenvalue weighted by Gasteiger charge is 2.27. The van der Waals surface area contributed by atoms with Gasteiger partial charge in [-0.1, -0.05) is 25.1 Å². The lowest BCUT2D eigenvalue weighted by Gasteiger charge is -2.11. The standard InChI is InChI=1S/C14H18N4O/c1-10-7-18(8-12(10)15)9-13-16-17-14(19-13)11-5-3-2-4-6-11/h2-6,10,12H,7-9,15H2,1H3. The third-order valence-electron chi connectivity index (χ3n) is 3.59. The summed E-state index contributed by atoms with van der Waals surface area (Å²) < 4.78 is 5.70. The summed E-state index contributed by atoms with van der Waals surface area (Å²) in [7, 11) is 0. The monoisotopic (exact) mass is 258 g/mol. The molecule has 2 unspecified atom stereocenters. The van der Waals surface area contributed by atoms with E-state index in [1.165, 1.54) is 0 Å². The van der Waals surface area contributed by atoms with E-state index in [-0.39, 0.29) is 6.04 Å². The molecular formula is C14H18N4O. The zero-order valence-electron chi connectivity index (χ0n) is 11.0. The van der Waals surface area contributed by atoms with E-state index >= 15 is 0 Å². The summed E-state index contributed by atoms with van der Waals surface area (Å²) in [5.74, 6) is 1.75. The molecule has 0 radical (unpaired) electrons. The van der Waals surface area contributed by atoms with Gasteiger partial charge in [0.15, 0.2) is 0 Å². The van der Waals surface area contributed by atoms with Crippen LogP contribution in [-0.4, -0.2) is 34.2 Å². The van der Waals surface area contributed by atoms with E-state index in [9.17, 15) is 0 Å². The van der Waals surface area contributed by atoms with Gasteiger partial charge in [0.05, 0.1) is 6.54 Å². The normalized spacial score (nSPS) is 23.9. The van der Waals surface area contributed by atoms with Crippen molar-refractivity contribution in [2.75, 3.05) is 13.1 Å². The fourth-order valence-electron chi connectivity index (χ4n) is 2.43. The van der Waals surface area contributed by atoms with Gasteiger partial charge in [0.2, 0.25) is 11.8 Å².